The minimum absolute atomic E-state index is 0.169. The monoisotopic (exact) mass is 383 g/mol. The third-order valence-electron chi connectivity index (χ3n) is 4.83. The Labute approximate surface area is 152 Å². The number of carbonyl (C=O) groups is 1. The maximum Gasteiger partial charge on any atom is 0.461 e. The number of benzene rings is 1. The molecule has 9 heteroatoms. The van der Waals surface area contributed by atoms with Gasteiger partial charge in [0.1, 0.15) is 5.75 Å². The first-order chi connectivity index (χ1) is 12.9. The summed E-state index contributed by atoms with van der Waals surface area (Å²) in [5.41, 5.74) is 2.73. The molecule has 2 aliphatic rings. The van der Waals surface area contributed by atoms with Crippen LogP contribution in [0.15, 0.2) is 24.3 Å². The van der Waals surface area contributed by atoms with E-state index in [-0.39, 0.29) is 5.56 Å². The molecule has 2 heterocycles. The van der Waals surface area contributed by atoms with Crippen molar-refractivity contribution in [1.29, 1.82) is 0 Å². The maximum absolute atomic E-state index is 13.3. The van der Waals surface area contributed by atoms with Gasteiger partial charge in [0, 0.05) is 36.7 Å². The molecule has 1 aliphatic carbocycles. The van der Waals surface area contributed by atoms with Crippen LogP contribution in [-0.4, -0.2) is 40.1 Å². The molecular weight excluding hydrogens is 366 g/mol. The second kappa shape index (κ2) is 6.54. The van der Waals surface area contributed by atoms with Gasteiger partial charge in [-0.3, -0.25) is 9.89 Å². The minimum atomic E-state index is -4.67. The first-order valence-electron chi connectivity index (χ1n) is 8.66. The molecule has 0 atom stereocenters. The number of ether oxygens (including phenoxy) is 1. The van der Waals surface area contributed by atoms with Crippen molar-refractivity contribution in [3.63, 3.8) is 0 Å². The van der Waals surface area contributed by atoms with Gasteiger partial charge in [0.05, 0.1) is 11.3 Å². The van der Waals surface area contributed by atoms with Gasteiger partial charge in [-0.2, -0.15) is 22.7 Å². The molecule has 1 saturated carbocycles. The lowest BCUT2D eigenvalue weighted by molar-refractivity contribution is -0.253. The zero-order valence-electron chi connectivity index (χ0n) is 14.2. The number of hydrogen-bond donors (Lipinski definition) is 1. The number of fused-ring (bicyclic) bond motifs is 1. The summed E-state index contributed by atoms with van der Waals surface area (Å²) in [7, 11) is 0. The van der Waals surface area contributed by atoms with E-state index in [1.54, 1.807) is 0 Å². The fraction of sp³-hybridized carbons (Fsp3) is 0.444. The summed E-state index contributed by atoms with van der Waals surface area (Å²) in [6, 6.07) is 5.21. The summed E-state index contributed by atoms with van der Waals surface area (Å²) in [6.45, 7) is 0.674. The number of nitrogens with one attached hydrogen (secondary N) is 1. The van der Waals surface area contributed by atoms with E-state index in [1.807, 2.05) is 0 Å². The molecule has 1 aromatic heterocycles. The Morgan fingerprint density at radius 2 is 2.04 bits per heavy atom. The molecule has 5 nitrogen and oxygen atoms in total. The van der Waals surface area contributed by atoms with Gasteiger partial charge in [-0.05, 0) is 25.0 Å². The molecule has 144 valence electrons. The lowest BCUT2D eigenvalue weighted by atomic mass is 10.0. The molecule has 2 aromatic rings. The Kier molecular flexibility index (Phi) is 4.32. The molecule has 0 unspecified atom stereocenters. The van der Waals surface area contributed by atoms with E-state index in [1.165, 1.54) is 23.1 Å². The zero-order chi connectivity index (χ0) is 19.2. The molecule has 1 fully saturated rings. The van der Waals surface area contributed by atoms with Crippen molar-refractivity contribution in [2.45, 2.75) is 44.3 Å². The number of carbonyl (C=O) groups excluding carboxylic acids is 1. The highest BCUT2D eigenvalue weighted by Gasteiger charge is 2.45. The van der Waals surface area contributed by atoms with Crippen LogP contribution in [0.4, 0.5) is 17.6 Å². The van der Waals surface area contributed by atoms with Gasteiger partial charge in [-0.1, -0.05) is 12.1 Å². The molecule has 0 saturated heterocycles. The Bertz CT molecular complexity index is 864. The third kappa shape index (κ3) is 3.38. The van der Waals surface area contributed by atoms with E-state index in [2.05, 4.69) is 14.9 Å². The standard InChI is InChI=1S/C18H17F4N3O2/c19-17(20)18(21,22)27-14-4-2-1-3-11(14)16(26)25-8-7-13-12(9-25)15(24-23-13)10-5-6-10/h1-4,10,17H,5-9H2,(H,23,24). The molecule has 1 amide bonds. The number of aromatic nitrogens is 2. The van der Waals surface area contributed by atoms with E-state index >= 15 is 0 Å². The topological polar surface area (TPSA) is 58.2 Å². The second-order valence-corrected chi connectivity index (χ2v) is 6.78. The van der Waals surface area contributed by atoms with Crippen LogP contribution < -0.4 is 4.74 Å². The van der Waals surface area contributed by atoms with Crippen molar-refractivity contribution in [3.8, 4) is 5.75 Å². The smallest absolute Gasteiger partial charge is 0.427 e. The largest absolute Gasteiger partial charge is 0.461 e. The Morgan fingerprint density at radius 1 is 1.30 bits per heavy atom. The van der Waals surface area contributed by atoms with Crippen LogP contribution in [0.25, 0.3) is 0 Å². The third-order valence-corrected chi connectivity index (χ3v) is 4.83. The van der Waals surface area contributed by atoms with Crippen LogP contribution in [0.1, 0.15) is 46.1 Å². The Morgan fingerprint density at radius 3 is 2.74 bits per heavy atom. The highest BCUT2D eigenvalue weighted by molar-refractivity contribution is 5.97. The van der Waals surface area contributed by atoms with Crippen LogP contribution in [0.3, 0.4) is 0 Å². The van der Waals surface area contributed by atoms with Crippen molar-refractivity contribution in [2.75, 3.05) is 6.54 Å². The van der Waals surface area contributed by atoms with Crippen LogP contribution >= 0.6 is 0 Å². The Balaban J connectivity index is 1.58. The van der Waals surface area contributed by atoms with Crippen molar-refractivity contribution in [3.05, 3.63) is 46.8 Å². The van der Waals surface area contributed by atoms with Gasteiger partial charge in [-0.15, -0.1) is 0 Å². The van der Waals surface area contributed by atoms with Crippen LogP contribution in [0.5, 0.6) is 5.75 Å². The van der Waals surface area contributed by atoms with Crippen molar-refractivity contribution in [1.82, 2.24) is 15.1 Å². The van der Waals surface area contributed by atoms with Gasteiger partial charge < -0.3 is 9.64 Å². The highest BCUT2D eigenvalue weighted by Crippen LogP contribution is 2.42. The fourth-order valence-corrected chi connectivity index (χ4v) is 3.28. The van der Waals surface area contributed by atoms with E-state index in [0.29, 0.717) is 25.4 Å². The van der Waals surface area contributed by atoms with Gasteiger partial charge >= 0.3 is 12.5 Å². The predicted octanol–water partition coefficient (Wildman–Crippen LogP) is 3.72. The van der Waals surface area contributed by atoms with Crippen LogP contribution in [0, 0.1) is 0 Å². The number of halogens is 4. The first kappa shape index (κ1) is 17.8. The molecule has 1 aromatic carbocycles. The molecular formula is C18H17F4N3O2. The SMILES string of the molecule is O=C(c1ccccc1OC(F)(F)C(F)F)N1CCc2[nH]nc(C3CC3)c2C1. The summed E-state index contributed by atoms with van der Waals surface area (Å²) in [4.78, 5) is 14.4. The van der Waals surface area contributed by atoms with Crippen molar-refractivity contribution < 1.29 is 27.1 Å². The number of rotatable bonds is 5. The number of H-pyrrole nitrogens is 1. The molecule has 0 radical (unpaired) electrons. The second-order valence-electron chi connectivity index (χ2n) is 6.78. The normalized spacial score (nSPS) is 17.1. The zero-order valence-corrected chi connectivity index (χ0v) is 14.2. The predicted molar refractivity (Wildman–Crippen MR) is 87.0 cm³/mol. The minimum Gasteiger partial charge on any atom is -0.427 e. The molecule has 4 rings (SSSR count). The molecule has 1 aliphatic heterocycles. The fourth-order valence-electron chi connectivity index (χ4n) is 3.28. The number of amides is 1. The molecule has 0 bridgehead atoms. The van der Waals surface area contributed by atoms with Crippen LogP contribution in [0.2, 0.25) is 0 Å². The summed E-state index contributed by atoms with van der Waals surface area (Å²) in [5, 5.41) is 7.35. The number of hydrogen-bond acceptors (Lipinski definition) is 3. The molecule has 0 spiro atoms. The van der Waals surface area contributed by atoms with E-state index in [4.69, 9.17) is 0 Å². The van der Waals surface area contributed by atoms with Crippen molar-refractivity contribution in [2.24, 2.45) is 0 Å². The lowest BCUT2D eigenvalue weighted by Gasteiger charge is -2.28. The lowest BCUT2D eigenvalue weighted by Crippen LogP contribution is -2.37. The highest BCUT2D eigenvalue weighted by atomic mass is 19.3. The Hall–Kier alpha value is -2.58. The van der Waals surface area contributed by atoms with Gasteiger partial charge in [0.2, 0.25) is 0 Å². The number of nitrogens with zero attached hydrogens (tertiary/aromatic N) is 2. The van der Waals surface area contributed by atoms with Crippen molar-refractivity contribution >= 4 is 5.91 Å². The molecule has 27 heavy (non-hydrogen) atoms. The summed E-state index contributed by atoms with van der Waals surface area (Å²) < 4.78 is 55.7. The molecule has 1 N–H and O–H groups in total. The summed E-state index contributed by atoms with van der Waals surface area (Å²) in [5.74, 6) is -0.696. The maximum atomic E-state index is 13.3. The van der Waals surface area contributed by atoms with E-state index < -0.39 is 24.2 Å². The van der Waals surface area contributed by atoms with Gasteiger partial charge in [0.15, 0.2) is 0 Å². The van der Waals surface area contributed by atoms with E-state index in [9.17, 15) is 22.4 Å². The number of aromatic amines is 1. The van der Waals surface area contributed by atoms with Gasteiger partial charge in [-0.25, -0.2) is 0 Å². The van der Waals surface area contributed by atoms with Gasteiger partial charge in [0.25, 0.3) is 5.91 Å². The average molecular weight is 383 g/mol. The average Bonchev–Trinajstić information content (AvgIpc) is 3.40. The summed E-state index contributed by atoms with van der Waals surface area (Å²) >= 11 is 0. The quantitative estimate of drug-likeness (QED) is 0.801. The number of alkyl halides is 4. The van der Waals surface area contributed by atoms with Crippen LogP contribution in [-0.2, 0) is 13.0 Å². The van der Waals surface area contributed by atoms with E-state index in [0.717, 1.165) is 35.9 Å². The summed E-state index contributed by atoms with van der Waals surface area (Å²) in [6.07, 6.45) is -5.98. The first-order valence-corrected chi connectivity index (χ1v) is 8.66. The number of para-hydroxylation sites is 1.